The largest absolute Gasteiger partial charge is 0.329 e. The molecule has 0 aliphatic rings. The zero-order chi connectivity index (χ0) is 12.5. The number of benzene rings is 3. The molecule has 0 aromatic heterocycles. The monoisotopic (exact) mass is 272 g/mol. The van der Waals surface area contributed by atoms with Gasteiger partial charge in [0.15, 0.2) is 0 Å². The van der Waals surface area contributed by atoms with Gasteiger partial charge < -0.3 is 11.5 Å². The van der Waals surface area contributed by atoms with Crippen molar-refractivity contribution >= 4 is 34.0 Å². The van der Waals surface area contributed by atoms with Crippen molar-refractivity contribution in [3.05, 3.63) is 60.2 Å². The molecule has 3 aromatic rings. The molecule has 0 saturated heterocycles. The van der Waals surface area contributed by atoms with Crippen LogP contribution in [0.4, 0.5) is 0 Å². The van der Waals surface area contributed by atoms with E-state index in [4.69, 9.17) is 11.5 Å². The summed E-state index contributed by atoms with van der Waals surface area (Å²) in [6.45, 7) is 0.461. The van der Waals surface area contributed by atoms with Crippen molar-refractivity contribution in [2.24, 2.45) is 11.5 Å². The molecule has 0 heterocycles. The van der Waals surface area contributed by atoms with E-state index in [1.165, 1.54) is 21.5 Å². The van der Waals surface area contributed by atoms with Gasteiger partial charge in [-0.15, -0.1) is 12.4 Å². The summed E-state index contributed by atoms with van der Waals surface area (Å²) in [7, 11) is 0. The summed E-state index contributed by atoms with van der Waals surface area (Å²) in [5.74, 6) is 0. The molecule has 1 unspecified atom stereocenters. The predicted octanol–water partition coefficient (Wildman–Crippen LogP) is 3.37. The SMILES string of the molecule is Cl.NCC(N)c1cc2ccccc2c2ccccc12. The highest BCUT2D eigenvalue weighted by Crippen LogP contribution is 2.30. The molecule has 0 amide bonds. The van der Waals surface area contributed by atoms with Gasteiger partial charge in [0.05, 0.1) is 0 Å². The van der Waals surface area contributed by atoms with Crippen molar-refractivity contribution in [3.63, 3.8) is 0 Å². The van der Waals surface area contributed by atoms with E-state index in [-0.39, 0.29) is 18.4 Å². The van der Waals surface area contributed by atoms with Crippen LogP contribution >= 0.6 is 12.4 Å². The maximum atomic E-state index is 6.13. The lowest BCUT2D eigenvalue weighted by atomic mass is 9.94. The number of rotatable bonds is 2. The molecular formula is C16H17ClN2. The summed E-state index contributed by atoms with van der Waals surface area (Å²) in [5, 5.41) is 4.93. The fraction of sp³-hybridized carbons (Fsp3) is 0.125. The minimum absolute atomic E-state index is 0. The maximum absolute atomic E-state index is 6.13. The molecule has 0 aliphatic heterocycles. The molecule has 0 fully saturated rings. The predicted molar refractivity (Wildman–Crippen MR) is 84.7 cm³/mol. The lowest BCUT2D eigenvalue weighted by molar-refractivity contribution is 0.744. The van der Waals surface area contributed by atoms with Gasteiger partial charge in [0.25, 0.3) is 0 Å². The molecule has 3 heteroatoms. The molecule has 3 aromatic carbocycles. The van der Waals surface area contributed by atoms with Gasteiger partial charge in [-0.1, -0.05) is 48.5 Å². The Balaban J connectivity index is 0.00000133. The van der Waals surface area contributed by atoms with E-state index in [1.807, 2.05) is 6.07 Å². The van der Waals surface area contributed by atoms with Crippen LogP contribution in [-0.2, 0) is 0 Å². The molecule has 0 bridgehead atoms. The molecule has 19 heavy (non-hydrogen) atoms. The number of hydrogen-bond donors (Lipinski definition) is 2. The van der Waals surface area contributed by atoms with Crippen LogP contribution in [0.3, 0.4) is 0 Å². The smallest absolute Gasteiger partial charge is 0.0425 e. The summed E-state index contributed by atoms with van der Waals surface area (Å²) < 4.78 is 0. The first kappa shape index (κ1) is 13.8. The minimum atomic E-state index is -0.112. The standard InChI is InChI=1S/C16H16N2.ClH/c17-10-16(18)15-9-11-5-1-2-6-12(11)13-7-3-4-8-14(13)15;/h1-9,16H,10,17-18H2;1H. The third-order valence-corrected chi connectivity index (χ3v) is 3.45. The quantitative estimate of drug-likeness (QED) is 0.703. The van der Waals surface area contributed by atoms with Crippen molar-refractivity contribution in [2.75, 3.05) is 6.54 Å². The number of nitrogens with two attached hydrogens (primary N) is 2. The number of halogens is 1. The number of fused-ring (bicyclic) bond motifs is 3. The molecule has 2 nitrogen and oxygen atoms in total. The zero-order valence-electron chi connectivity index (χ0n) is 10.5. The van der Waals surface area contributed by atoms with Gasteiger partial charge >= 0.3 is 0 Å². The molecule has 0 spiro atoms. The van der Waals surface area contributed by atoms with Crippen LogP contribution in [0, 0.1) is 0 Å². The van der Waals surface area contributed by atoms with E-state index in [9.17, 15) is 0 Å². The summed E-state index contributed by atoms with van der Waals surface area (Å²) in [6, 6.07) is 18.8. The molecule has 3 rings (SSSR count). The van der Waals surface area contributed by atoms with Crippen molar-refractivity contribution in [1.82, 2.24) is 0 Å². The van der Waals surface area contributed by atoms with E-state index < -0.39 is 0 Å². The van der Waals surface area contributed by atoms with E-state index >= 15 is 0 Å². The normalized spacial score (nSPS) is 12.3. The number of hydrogen-bond acceptors (Lipinski definition) is 2. The molecule has 98 valence electrons. The molecule has 0 aliphatic carbocycles. The van der Waals surface area contributed by atoms with Gasteiger partial charge in [0.1, 0.15) is 0 Å². The van der Waals surface area contributed by atoms with Crippen molar-refractivity contribution in [2.45, 2.75) is 6.04 Å². The Morgan fingerprint density at radius 1 is 0.842 bits per heavy atom. The Bertz CT molecular complexity index is 709. The first-order valence-corrected chi connectivity index (χ1v) is 6.17. The first-order valence-electron chi connectivity index (χ1n) is 6.17. The van der Waals surface area contributed by atoms with Gasteiger partial charge in [-0.2, -0.15) is 0 Å². The lowest BCUT2D eigenvalue weighted by Crippen LogP contribution is -2.21. The Morgan fingerprint density at radius 3 is 2.11 bits per heavy atom. The maximum Gasteiger partial charge on any atom is 0.0425 e. The zero-order valence-corrected chi connectivity index (χ0v) is 11.4. The Morgan fingerprint density at radius 2 is 1.42 bits per heavy atom. The minimum Gasteiger partial charge on any atom is -0.329 e. The van der Waals surface area contributed by atoms with Crippen LogP contribution in [0.1, 0.15) is 11.6 Å². The van der Waals surface area contributed by atoms with Gasteiger partial charge in [-0.3, -0.25) is 0 Å². The molecule has 0 saturated carbocycles. The Kier molecular flexibility index (Phi) is 4.05. The van der Waals surface area contributed by atoms with Crippen LogP contribution in [-0.4, -0.2) is 6.54 Å². The van der Waals surface area contributed by atoms with Crippen molar-refractivity contribution in [3.8, 4) is 0 Å². The van der Waals surface area contributed by atoms with Gasteiger partial charge in [-0.25, -0.2) is 0 Å². The molecular weight excluding hydrogens is 256 g/mol. The van der Waals surface area contributed by atoms with Gasteiger partial charge in [-0.05, 0) is 33.2 Å². The highest BCUT2D eigenvalue weighted by molar-refractivity contribution is 6.09. The lowest BCUT2D eigenvalue weighted by Gasteiger charge is -2.15. The van der Waals surface area contributed by atoms with Crippen LogP contribution in [0.15, 0.2) is 54.6 Å². The summed E-state index contributed by atoms with van der Waals surface area (Å²) in [6.07, 6.45) is 0. The topological polar surface area (TPSA) is 52.0 Å². The highest BCUT2D eigenvalue weighted by atomic mass is 35.5. The summed E-state index contributed by atoms with van der Waals surface area (Å²) in [5.41, 5.74) is 13.0. The second-order valence-corrected chi connectivity index (χ2v) is 4.57. The molecule has 1 atom stereocenters. The Labute approximate surface area is 118 Å². The van der Waals surface area contributed by atoms with Crippen molar-refractivity contribution in [1.29, 1.82) is 0 Å². The summed E-state index contributed by atoms with van der Waals surface area (Å²) >= 11 is 0. The van der Waals surface area contributed by atoms with E-state index in [1.54, 1.807) is 0 Å². The fourth-order valence-electron chi connectivity index (χ4n) is 2.52. The van der Waals surface area contributed by atoms with Crippen LogP contribution in [0.25, 0.3) is 21.5 Å². The average Bonchev–Trinajstić information content (AvgIpc) is 2.45. The van der Waals surface area contributed by atoms with Gasteiger partial charge in [0, 0.05) is 12.6 Å². The second kappa shape index (κ2) is 5.57. The first-order chi connectivity index (χ1) is 8.81. The second-order valence-electron chi connectivity index (χ2n) is 4.57. The third-order valence-electron chi connectivity index (χ3n) is 3.45. The van der Waals surface area contributed by atoms with Crippen LogP contribution < -0.4 is 11.5 Å². The molecule has 4 N–H and O–H groups in total. The summed E-state index contributed by atoms with van der Waals surface area (Å²) in [4.78, 5) is 0. The average molecular weight is 273 g/mol. The van der Waals surface area contributed by atoms with E-state index in [0.717, 1.165) is 5.56 Å². The fourth-order valence-corrected chi connectivity index (χ4v) is 2.52. The Hall–Kier alpha value is -1.61. The van der Waals surface area contributed by atoms with Crippen molar-refractivity contribution < 1.29 is 0 Å². The van der Waals surface area contributed by atoms with Gasteiger partial charge in [0.2, 0.25) is 0 Å². The highest BCUT2D eigenvalue weighted by Gasteiger charge is 2.10. The van der Waals surface area contributed by atoms with Crippen LogP contribution in [0.5, 0.6) is 0 Å². The molecule has 0 radical (unpaired) electrons. The third kappa shape index (κ3) is 2.30. The van der Waals surface area contributed by atoms with Crippen LogP contribution in [0.2, 0.25) is 0 Å². The van der Waals surface area contributed by atoms with E-state index in [2.05, 4.69) is 48.5 Å². The van der Waals surface area contributed by atoms with E-state index in [0.29, 0.717) is 6.54 Å².